The molecule has 0 aliphatic carbocycles. The zero-order valence-electron chi connectivity index (χ0n) is 15.1. The van der Waals surface area contributed by atoms with E-state index in [1.165, 1.54) is 0 Å². The van der Waals surface area contributed by atoms with Crippen LogP contribution in [0.3, 0.4) is 0 Å². The van der Waals surface area contributed by atoms with E-state index in [1.807, 2.05) is 52.8 Å². The number of rotatable bonds is 7. The van der Waals surface area contributed by atoms with Crippen LogP contribution >= 0.6 is 0 Å². The Hall–Kier alpha value is -1.88. The molecule has 0 unspecified atom stereocenters. The van der Waals surface area contributed by atoms with Crippen molar-refractivity contribution in [3.05, 3.63) is 29.3 Å². The zero-order valence-corrected chi connectivity index (χ0v) is 15.1. The van der Waals surface area contributed by atoms with Crippen molar-refractivity contribution in [2.24, 2.45) is 0 Å². The number of hydrogen-bond donors (Lipinski definition) is 2. The molecule has 5 nitrogen and oxygen atoms in total. The van der Waals surface area contributed by atoms with Gasteiger partial charge in [0.05, 0.1) is 13.1 Å². The topological polar surface area (TPSA) is 61.4 Å². The number of carbonyl (C=O) groups is 2. The number of carbonyl (C=O) groups excluding carboxylic acids is 2. The zero-order chi connectivity index (χ0) is 17.6. The number of anilines is 1. The summed E-state index contributed by atoms with van der Waals surface area (Å²) in [4.78, 5) is 25.8. The van der Waals surface area contributed by atoms with E-state index in [0.29, 0.717) is 0 Å². The second kappa shape index (κ2) is 8.11. The number of aryl methyl sites for hydroxylation is 1. The summed E-state index contributed by atoms with van der Waals surface area (Å²) in [5, 5.41) is 5.87. The molecule has 1 aromatic rings. The molecule has 2 N–H and O–H groups in total. The molecule has 1 rings (SSSR count). The Bertz CT molecular complexity index is 567. The molecule has 128 valence electrons. The molecule has 23 heavy (non-hydrogen) atoms. The molecular weight excluding hydrogens is 290 g/mol. The lowest BCUT2D eigenvalue weighted by molar-refractivity contribution is -0.124. The summed E-state index contributed by atoms with van der Waals surface area (Å²) in [7, 11) is 1.77. The summed E-state index contributed by atoms with van der Waals surface area (Å²) >= 11 is 0. The third-order valence-corrected chi connectivity index (χ3v) is 4.07. The third kappa shape index (κ3) is 6.40. The van der Waals surface area contributed by atoms with Crippen LogP contribution in [0.1, 0.15) is 38.3 Å². The van der Waals surface area contributed by atoms with Gasteiger partial charge in [-0.3, -0.25) is 14.5 Å². The Morgan fingerprint density at radius 1 is 1.13 bits per heavy atom. The summed E-state index contributed by atoms with van der Waals surface area (Å²) in [5.41, 5.74) is 2.79. The van der Waals surface area contributed by atoms with Crippen LogP contribution in [0.4, 0.5) is 5.69 Å². The lowest BCUT2D eigenvalue weighted by Gasteiger charge is -2.26. The van der Waals surface area contributed by atoms with Crippen molar-refractivity contribution < 1.29 is 9.59 Å². The number of amides is 2. The van der Waals surface area contributed by atoms with Gasteiger partial charge < -0.3 is 10.6 Å². The first-order valence-corrected chi connectivity index (χ1v) is 8.00. The molecular formula is C18H29N3O2. The van der Waals surface area contributed by atoms with Gasteiger partial charge >= 0.3 is 0 Å². The van der Waals surface area contributed by atoms with Gasteiger partial charge in [-0.15, -0.1) is 0 Å². The van der Waals surface area contributed by atoms with Crippen LogP contribution in [0.5, 0.6) is 0 Å². The van der Waals surface area contributed by atoms with Crippen LogP contribution in [0.25, 0.3) is 0 Å². The Kier molecular flexibility index (Phi) is 6.76. The number of likely N-dealkylation sites (N-methyl/N-ethyl adjacent to an activating group) is 1. The second-order valence-electron chi connectivity index (χ2n) is 6.75. The van der Waals surface area contributed by atoms with Crippen molar-refractivity contribution in [1.29, 1.82) is 0 Å². The van der Waals surface area contributed by atoms with Crippen LogP contribution in [-0.4, -0.2) is 42.4 Å². The summed E-state index contributed by atoms with van der Waals surface area (Å²) < 4.78 is 0. The highest BCUT2D eigenvalue weighted by molar-refractivity contribution is 5.93. The maximum absolute atomic E-state index is 12.1. The van der Waals surface area contributed by atoms with Crippen LogP contribution in [0.15, 0.2) is 18.2 Å². The Morgan fingerprint density at radius 2 is 1.74 bits per heavy atom. The summed E-state index contributed by atoms with van der Waals surface area (Å²) in [6, 6.07) is 5.82. The van der Waals surface area contributed by atoms with E-state index in [9.17, 15) is 9.59 Å². The average molecular weight is 319 g/mol. The molecule has 0 fully saturated rings. The van der Waals surface area contributed by atoms with E-state index in [0.717, 1.165) is 23.2 Å². The van der Waals surface area contributed by atoms with Gasteiger partial charge in [-0.2, -0.15) is 0 Å². The molecule has 0 heterocycles. The van der Waals surface area contributed by atoms with E-state index in [-0.39, 0.29) is 30.4 Å². The van der Waals surface area contributed by atoms with Crippen molar-refractivity contribution in [2.75, 3.05) is 25.5 Å². The predicted molar refractivity (Wildman–Crippen MR) is 94.6 cm³/mol. The van der Waals surface area contributed by atoms with Gasteiger partial charge in [0.2, 0.25) is 11.8 Å². The standard InChI is InChI=1S/C18H29N3O2/c1-7-18(4,5)20-17(23)12-21(6)11-16(22)19-15-10-8-9-13(2)14(15)3/h8-10H,7,11-12H2,1-6H3,(H,19,22)(H,20,23). The maximum Gasteiger partial charge on any atom is 0.238 e. The second-order valence-corrected chi connectivity index (χ2v) is 6.75. The average Bonchev–Trinajstić information content (AvgIpc) is 2.42. The first kappa shape index (κ1) is 19.2. The van der Waals surface area contributed by atoms with E-state index < -0.39 is 0 Å². The first-order chi connectivity index (χ1) is 10.6. The summed E-state index contributed by atoms with van der Waals surface area (Å²) in [6.45, 7) is 10.4. The minimum absolute atomic E-state index is 0.0705. The number of benzene rings is 1. The summed E-state index contributed by atoms with van der Waals surface area (Å²) in [5.74, 6) is -0.192. The fourth-order valence-corrected chi connectivity index (χ4v) is 2.13. The van der Waals surface area contributed by atoms with Crippen molar-refractivity contribution in [2.45, 2.75) is 46.6 Å². The fourth-order valence-electron chi connectivity index (χ4n) is 2.13. The predicted octanol–water partition coefficient (Wildman–Crippen LogP) is 2.48. The molecule has 1 aromatic carbocycles. The largest absolute Gasteiger partial charge is 0.350 e. The molecule has 0 radical (unpaired) electrons. The molecule has 0 aromatic heterocycles. The molecule has 0 aliphatic rings. The smallest absolute Gasteiger partial charge is 0.238 e. The monoisotopic (exact) mass is 319 g/mol. The van der Waals surface area contributed by atoms with Gasteiger partial charge in [-0.25, -0.2) is 0 Å². The van der Waals surface area contributed by atoms with E-state index >= 15 is 0 Å². The van der Waals surface area contributed by atoms with E-state index in [2.05, 4.69) is 10.6 Å². The minimum Gasteiger partial charge on any atom is -0.350 e. The van der Waals surface area contributed by atoms with Crippen LogP contribution < -0.4 is 10.6 Å². The molecule has 5 heteroatoms. The number of hydrogen-bond acceptors (Lipinski definition) is 3. The van der Waals surface area contributed by atoms with Crippen molar-refractivity contribution in [1.82, 2.24) is 10.2 Å². The van der Waals surface area contributed by atoms with Crippen molar-refractivity contribution in [3.8, 4) is 0 Å². The van der Waals surface area contributed by atoms with Gasteiger partial charge in [-0.1, -0.05) is 19.1 Å². The Morgan fingerprint density at radius 3 is 2.35 bits per heavy atom. The minimum atomic E-state index is -0.223. The maximum atomic E-state index is 12.1. The van der Waals surface area contributed by atoms with Gasteiger partial charge in [0.25, 0.3) is 0 Å². The third-order valence-electron chi connectivity index (χ3n) is 4.07. The van der Waals surface area contributed by atoms with Gasteiger partial charge in [-0.05, 0) is 58.4 Å². The first-order valence-electron chi connectivity index (χ1n) is 8.00. The highest BCUT2D eigenvalue weighted by Gasteiger charge is 2.19. The molecule has 0 spiro atoms. The Labute approximate surface area is 139 Å². The summed E-state index contributed by atoms with van der Waals surface area (Å²) in [6.07, 6.45) is 0.857. The number of nitrogens with zero attached hydrogens (tertiary/aromatic N) is 1. The molecule has 0 saturated heterocycles. The molecule has 2 amide bonds. The lowest BCUT2D eigenvalue weighted by Crippen LogP contribution is -2.47. The van der Waals surface area contributed by atoms with Gasteiger partial charge in [0.1, 0.15) is 0 Å². The van der Waals surface area contributed by atoms with Crippen molar-refractivity contribution in [3.63, 3.8) is 0 Å². The van der Waals surface area contributed by atoms with Gasteiger partial charge in [0, 0.05) is 11.2 Å². The molecule has 0 saturated carbocycles. The normalized spacial score (nSPS) is 11.4. The molecule has 0 aliphatic heterocycles. The Balaban J connectivity index is 2.51. The van der Waals surface area contributed by atoms with E-state index in [1.54, 1.807) is 11.9 Å². The highest BCUT2D eigenvalue weighted by atomic mass is 16.2. The van der Waals surface area contributed by atoms with Crippen LogP contribution in [0, 0.1) is 13.8 Å². The quantitative estimate of drug-likeness (QED) is 0.811. The SMILES string of the molecule is CCC(C)(C)NC(=O)CN(C)CC(=O)Nc1cccc(C)c1C. The number of nitrogens with one attached hydrogen (secondary N) is 2. The molecule has 0 atom stereocenters. The fraction of sp³-hybridized carbons (Fsp3) is 0.556. The molecule has 0 bridgehead atoms. The van der Waals surface area contributed by atoms with Gasteiger partial charge in [0.15, 0.2) is 0 Å². The highest BCUT2D eigenvalue weighted by Crippen LogP contribution is 2.17. The van der Waals surface area contributed by atoms with Crippen LogP contribution in [0.2, 0.25) is 0 Å². The van der Waals surface area contributed by atoms with E-state index in [4.69, 9.17) is 0 Å². The van der Waals surface area contributed by atoms with Crippen LogP contribution in [-0.2, 0) is 9.59 Å². The lowest BCUT2D eigenvalue weighted by atomic mass is 10.0. The van der Waals surface area contributed by atoms with Crippen molar-refractivity contribution >= 4 is 17.5 Å².